The Bertz CT molecular complexity index is 986. The summed E-state index contributed by atoms with van der Waals surface area (Å²) in [4.78, 5) is 28.1. The Kier molecular flexibility index (Phi) is 7.58. The number of esters is 1. The van der Waals surface area contributed by atoms with E-state index in [1.807, 2.05) is 4.90 Å². The van der Waals surface area contributed by atoms with Crippen LogP contribution in [0.15, 0.2) is 23.1 Å². The van der Waals surface area contributed by atoms with Crippen LogP contribution in [-0.4, -0.2) is 81.5 Å². The first-order chi connectivity index (χ1) is 15.5. The van der Waals surface area contributed by atoms with Gasteiger partial charge in [0.2, 0.25) is 10.0 Å². The van der Waals surface area contributed by atoms with Crippen molar-refractivity contribution >= 4 is 27.6 Å². The van der Waals surface area contributed by atoms with Gasteiger partial charge in [-0.05, 0) is 50.8 Å². The largest absolute Gasteiger partial charge is 0.495 e. The van der Waals surface area contributed by atoms with Crippen LogP contribution in [0.2, 0.25) is 0 Å². The Labute approximate surface area is 196 Å². The molecule has 0 spiro atoms. The Morgan fingerprint density at radius 1 is 1.09 bits per heavy atom. The van der Waals surface area contributed by atoms with Crippen molar-refractivity contribution in [2.75, 3.05) is 51.3 Å². The van der Waals surface area contributed by atoms with Gasteiger partial charge in [0.05, 0.1) is 17.7 Å². The van der Waals surface area contributed by atoms with Gasteiger partial charge >= 0.3 is 5.97 Å². The van der Waals surface area contributed by atoms with E-state index in [0.717, 1.165) is 12.8 Å². The minimum atomic E-state index is -3.60. The van der Waals surface area contributed by atoms with Crippen LogP contribution in [0, 0.1) is 5.92 Å². The van der Waals surface area contributed by atoms with Crippen molar-refractivity contribution in [1.29, 1.82) is 0 Å². The highest BCUT2D eigenvalue weighted by atomic mass is 32.2. The van der Waals surface area contributed by atoms with E-state index in [2.05, 4.69) is 6.92 Å². The molecule has 3 rings (SSSR count). The fourth-order valence-electron chi connectivity index (χ4n) is 4.53. The van der Waals surface area contributed by atoms with Gasteiger partial charge in [-0.1, -0.05) is 6.92 Å². The van der Waals surface area contributed by atoms with E-state index in [1.165, 1.54) is 6.92 Å². The highest BCUT2D eigenvalue weighted by Crippen LogP contribution is 2.34. The minimum Gasteiger partial charge on any atom is -0.495 e. The Morgan fingerprint density at radius 3 is 2.33 bits per heavy atom. The van der Waals surface area contributed by atoms with E-state index >= 15 is 0 Å². The molecular weight excluding hydrogens is 446 g/mol. The number of piperidine rings is 1. The molecule has 1 atom stereocenters. The van der Waals surface area contributed by atoms with Crippen LogP contribution in [0.3, 0.4) is 0 Å². The standard InChI is InChI=1S/C23H35N3O6S/c1-17-7-6-10-26(16-17)33(29,30)19-8-9-21(31-5)20(15-19)24-11-13-25(14-12-24)22(28)23(3,4)32-18(2)27/h8-9,15,17H,6-7,10-14,16H2,1-5H3. The molecule has 2 aliphatic heterocycles. The van der Waals surface area contributed by atoms with Crippen LogP contribution in [0.1, 0.15) is 40.5 Å². The maximum atomic E-state index is 13.3. The van der Waals surface area contributed by atoms with Crippen LogP contribution in [0.5, 0.6) is 5.75 Å². The molecule has 0 radical (unpaired) electrons. The molecule has 1 aromatic rings. The third kappa shape index (κ3) is 5.60. The molecule has 0 bridgehead atoms. The average molecular weight is 482 g/mol. The maximum absolute atomic E-state index is 13.3. The lowest BCUT2D eigenvalue weighted by Crippen LogP contribution is -2.55. The van der Waals surface area contributed by atoms with Crippen LogP contribution in [-0.2, 0) is 24.3 Å². The predicted octanol–water partition coefficient (Wildman–Crippen LogP) is 2.11. The molecule has 2 heterocycles. The summed E-state index contributed by atoms with van der Waals surface area (Å²) in [6.07, 6.45) is 1.90. The van der Waals surface area contributed by atoms with Gasteiger partial charge in [0.15, 0.2) is 5.60 Å². The van der Waals surface area contributed by atoms with E-state index < -0.39 is 21.6 Å². The number of hydrogen-bond acceptors (Lipinski definition) is 7. The molecule has 2 saturated heterocycles. The van der Waals surface area contributed by atoms with Gasteiger partial charge in [-0.25, -0.2) is 8.42 Å². The van der Waals surface area contributed by atoms with Crippen LogP contribution in [0.4, 0.5) is 5.69 Å². The van der Waals surface area contributed by atoms with Gasteiger partial charge in [-0.15, -0.1) is 0 Å². The molecule has 1 amide bonds. The molecule has 1 unspecified atom stereocenters. The Balaban J connectivity index is 1.77. The highest BCUT2D eigenvalue weighted by Gasteiger charge is 2.37. The Morgan fingerprint density at radius 2 is 1.76 bits per heavy atom. The van der Waals surface area contributed by atoms with E-state index in [9.17, 15) is 18.0 Å². The molecule has 10 heteroatoms. The van der Waals surface area contributed by atoms with Gasteiger partial charge in [0.1, 0.15) is 5.75 Å². The molecule has 0 saturated carbocycles. The fraction of sp³-hybridized carbons (Fsp3) is 0.652. The quantitative estimate of drug-likeness (QED) is 0.574. The fourth-order valence-corrected chi connectivity index (χ4v) is 6.14. The molecule has 0 aromatic heterocycles. The van der Waals surface area contributed by atoms with E-state index in [1.54, 1.807) is 48.4 Å². The highest BCUT2D eigenvalue weighted by molar-refractivity contribution is 7.89. The molecule has 0 N–H and O–H groups in total. The van der Waals surface area contributed by atoms with Gasteiger partial charge in [0, 0.05) is 46.2 Å². The summed E-state index contributed by atoms with van der Waals surface area (Å²) in [5.41, 5.74) is -0.541. The van der Waals surface area contributed by atoms with Gasteiger partial charge in [-0.3, -0.25) is 9.59 Å². The summed E-state index contributed by atoms with van der Waals surface area (Å²) in [6.45, 7) is 9.44. The van der Waals surface area contributed by atoms with Crippen molar-refractivity contribution in [3.8, 4) is 5.75 Å². The molecule has 2 aliphatic rings. The zero-order chi connectivity index (χ0) is 24.4. The van der Waals surface area contributed by atoms with Crippen molar-refractivity contribution in [1.82, 2.24) is 9.21 Å². The lowest BCUT2D eigenvalue weighted by atomic mass is 10.0. The van der Waals surface area contributed by atoms with Crippen LogP contribution in [0.25, 0.3) is 0 Å². The molecule has 184 valence electrons. The first kappa shape index (κ1) is 25.3. The van der Waals surface area contributed by atoms with Crippen LogP contribution < -0.4 is 9.64 Å². The number of amides is 1. The van der Waals surface area contributed by atoms with Crippen molar-refractivity contribution < 1.29 is 27.5 Å². The molecule has 2 fully saturated rings. The van der Waals surface area contributed by atoms with Crippen molar-refractivity contribution in [2.45, 2.75) is 51.0 Å². The Hall–Kier alpha value is -2.33. The molecular formula is C23H35N3O6S. The van der Waals surface area contributed by atoms with Gasteiger partial charge in [0.25, 0.3) is 5.91 Å². The minimum absolute atomic E-state index is 0.250. The van der Waals surface area contributed by atoms with Crippen molar-refractivity contribution in [3.05, 3.63) is 18.2 Å². The number of ether oxygens (including phenoxy) is 2. The zero-order valence-corrected chi connectivity index (χ0v) is 21.0. The summed E-state index contributed by atoms with van der Waals surface area (Å²) in [7, 11) is -2.04. The zero-order valence-electron chi connectivity index (χ0n) is 20.2. The van der Waals surface area contributed by atoms with Crippen molar-refractivity contribution in [3.63, 3.8) is 0 Å². The first-order valence-corrected chi connectivity index (χ1v) is 12.8. The summed E-state index contributed by atoms with van der Waals surface area (Å²) >= 11 is 0. The second kappa shape index (κ2) is 9.89. The predicted molar refractivity (Wildman–Crippen MR) is 125 cm³/mol. The molecule has 0 aliphatic carbocycles. The van der Waals surface area contributed by atoms with E-state index in [4.69, 9.17) is 9.47 Å². The number of carbonyl (C=O) groups is 2. The van der Waals surface area contributed by atoms with Crippen LogP contribution >= 0.6 is 0 Å². The third-order valence-corrected chi connectivity index (χ3v) is 8.09. The summed E-state index contributed by atoms with van der Waals surface area (Å²) < 4.78 is 38.8. The number of nitrogens with zero attached hydrogens (tertiary/aromatic N) is 3. The number of anilines is 1. The number of piperazine rings is 1. The number of hydrogen-bond donors (Lipinski definition) is 0. The number of carbonyl (C=O) groups excluding carboxylic acids is 2. The molecule has 33 heavy (non-hydrogen) atoms. The lowest BCUT2D eigenvalue weighted by Gasteiger charge is -2.39. The number of rotatable bonds is 6. The number of benzene rings is 1. The third-order valence-electron chi connectivity index (χ3n) is 6.23. The molecule has 9 nitrogen and oxygen atoms in total. The lowest BCUT2D eigenvalue weighted by molar-refractivity contribution is -0.168. The maximum Gasteiger partial charge on any atom is 0.303 e. The normalized spacial score (nSPS) is 20.5. The van der Waals surface area contributed by atoms with E-state index in [-0.39, 0.29) is 10.8 Å². The second-order valence-corrected chi connectivity index (χ2v) is 11.3. The van der Waals surface area contributed by atoms with Gasteiger partial charge in [-0.2, -0.15) is 4.31 Å². The van der Waals surface area contributed by atoms with Gasteiger partial charge < -0.3 is 19.3 Å². The number of sulfonamides is 1. The SMILES string of the molecule is COc1ccc(S(=O)(=O)N2CCCC(C)C2)cc1N1CCN(C(=O)C(C)(C)OC(C)=O)CC1. The topological polar surface area (TPSA) is 96.5 Å². The summed E-state index contributed by atoms with van der Waals surface area (Å²) in [5.74, 6) is 0.173. The second-order valence-electron chi connectivity index (χ2n) is 9.33. The smallest absolute Gasteiger partial charge is 0.303 e. The summed E-state index contributed by atoms with van der Waals surface area (Å²) in [6, 6.07) is 4.96. The monoisotopic (exact) mass is 481 g/mol. The first-order valence-electron chi connectivity index (χ1n) is 11.4. The van der Waals surface area contributed by atoms with E-state index in [0.29, 0.717) is 56.6 Å². The summed E-state index contributed by atoms with van der Waals surface area (Å²) in [5, 5.41) is 0. The van der Waals surface area contributed by atoms with Crippen molar-refractivity contribution in [2.24, 2.45) is 5.92 Å². The average Bonchev–Trinajstić information content (AvgIpc) is 2.77. The molecule has 1 aromatic carbocycles. The number of methoxy groups -OCH3 is 1.